The molecule has 2 aromatic heterocycles. The Balaban J connectivity index is 2.01. The van der Waals surface area contributed by atoms with E-state index in [9.17, 15) is 0 Å². The minimum atomic E-state index is -0.0535. The van der Waals surface area contributed by atoms with Crippen molar-refractivity contribution in [2.75, 3.05) is 0 Å². The van der Waals surface area contributed by atoms with E-state index in [0.717, 1.165) is 17.9 Å². The SMILES string of the molecule is CCn1nc(C)cc1COc1ccc(CO)nc1. The van der Waals surface area contributed by atoms with Crippen molar-refractivity contribution >= 4 is 0 Å². The van der Waals surface area contributed by atoms with Crippen molar-refractivity contribution in [3.05, 3.63) is 41.5 Å². The molecule has 0 amide bonds. The van der Waals surface area contributed by atoms with Crippen LogP contribution >= 0.6 is 0 Å². The Morgan fingerprint density at radius 3 is 2.83 bits per heavy atom. The zero-order valence-electron chi connectivity index (χ0n) is 10.6. The fourth-order valence-electron chi connectivity index (χ4n) is 1.74. The first-order valence-corrected chi connectivity index (χ1v) is 5.95. The first-order chi connectivity index (χ1) is 8.72. The molecule has 96 valence electrons. The molecule has 0 fully saturated rings. The van der Waals surface area contributed by atoms with Gasteiger partial charge in [-0.25, -0.2) is 0 Å². The summed E-state index contributed by atoms with van der Waals surface area (Å²) in [6.07, 6.45) is 1.62. The normalized spacial score (nSPS) is 10.6. The molecule has 2 aromatic rings. The van der Waals surface area contributed by atoms with Crippen LogP contribution in [-0.4, -0.2) is 19.9 Å². The van der Waals surface area contributed by atoms with Crippen LogP contribution in [0.4, 0.5) is 0 Å². The average Bonchev–Trinajstić information content (AvgIpc) is 2.77. The zero-order chi connectivity index (χ0) is 13.0. The third-order valence-corrected chi connectivity index (χ3v) is 2.63. The lowest BCUT2D eigenvalue weighted by molar-refractivity contribution is 0.273. The number of nitrogens with zero attached hydrogens (tertiary/aromatic N) is 3. The molecule has 0 saturated carbocycles. The molecule has 0 unspecified atom stereocenters. The molecule has 2 rings (SSSR count). The van der Waals surface area contributed by atoms with Gasteiger partial charge < -0.3 is 9.84 Å². The standard InChI is InChI=1S/C13H17N3O2/c1-3-16-12(6-10(2)15-16)9-18-13-5-4-11(8-17)14-7-13/h4-7,17H,3,8-9H2,1-2H3. The third kappa shape index (κ3) is 2.87. The van der Waals surface area contributed by atoms with Crippen molar-refractivity contribution in [1.29, 1.82) is 0 Å². The van der Waals surface area contributed by atoms with Gasteiger partial charge in [0.1, 0.15) is 12.4 Å². The number of rotatable bonds is 5. The maximum Gasteiger partial charge on any atom is 0.138 e. The number of pyridine rings is 1. The van der Waals surface area contributed by atoms with E-state index >= 15 is 0 Å². The molecule has 0 aromatic carbocycles. The number of hydrogen-bond donors (Lipinski definition) is 1. The van der Waals surface area contributed by atoms with Crippen LogP contribution in [0.25, 0.3) is 0 Å². The van der Waals surface area contributed by atoms with Gasteiger partial charge in [0.25, 0.3) is 0 Å². The summed E-state index contributed by atoms with van der Waals surface area (Å²) in [4.78, 5) is 4.06. The molecule has 2 heterocycles. The van der Waals surface area contributed by atoms with E-state index in [1.807, 2.05) is 24.6 Å². The first kappa shape index (κ1) is 12.6. The molecule has 0 aliphatic carbocycles. The van der Waals surface area contributed by atoms with Gasteiger partial charge in [-0.05, 0) is 32.0 Å². The Morgan fingerprint density at radius 1 is 1.39 bits per heavy atom. The summed E-state index contributed by atoms with van der Waals surface area (Å²) in [5, 5.41) is 13.2. The average molecular weight is 247 g/mol. The Kier molecular flexibility index (Phi) is 3.94. The summed E-state index contributed by atoms with van der Waals surface area (Å²) in [7, 11) is 0. The zero-order valence-corrected chi connectivity index (χ0v) is 10.6. The van der Waals surface area contributed by atoms with E-state index in [2.05, 4.69) is 10.1 Å². The molecule has 5 nitrogen and oxygen atoms in total. The number of aryl methyl sites for hydroxylation is 2. The van der Waals surface area contributed by atoms with Crippen LogP contribution < -0.4 is 4.74 Å². The van der Waals surface area contributed by atoms with Crippen LogP contribution in [0, 0.1) is 6.92 Å². The molecule has 0 radical (unpaired) electrons. The van der Waals surface area contributed by atoms with E-state index < -0.39 is 0 Å². The molecule has 0 spiro atoms. The summed E-state index contributed by atoms with van der Waals surface area (Å²) in [5.74, 6) is 0.689. The Hall–Kier alpha value is -1.88. The van der Waals surface area contributed by atoms with Gasteiger partial charge in [0.05, 0.1) is 29.9 Å². The van der Waals surface area contributed by atoms with Crippen LogP contribution in [0.5, 0.6) is 5.75 Å². The smallest absolute Gasteiger partial charge is 0.138 e. The van der Waals surface area contributed by atoms with Gasteiger partial charge in [-0.15, -0.1) is 0 Å². The van der Waals surface area contributed by atoms with Crippen molar-refractivity contribution in [3.8, 4) is 5.75 Å². The van der Waals surface area contributed by atoms with Crippen molar-refractivity contribution < 1.29 is 9.84 Å². The van der Waals surface area contributed by atoms with Gasteiger partial charge in [-0.2, -0.15) is 5.10 Å². The van der Waals surface area contributed by atoms with Gasteiger partial charge >= 0.3 is 0 Å². The van der Waals surface area contributed by atoms with Crippen molar-refractivity contribution in [3.63, 3.8) is 0 Å². The van der Waals surface area contributed by atoms with E-state index in [4.69, 9.17) is 9.84 Å². The fourth-order valence-corrected chi connectivity index (χ4v) is 1.74. The second kappa shape index (κ2) is 5.64. The third-order valence-electron chi connectivity index (χ3n) is 2.63. The van der Waals surface area contributed by atoms with Gasteiger partial charge in [0.2, 0.25) is 0 Å². The molecule has 0 aliphatic rings. The van der Waals surface area contributed by atoms with Crippen molar-refractivity contribution in [1.82, 2.24) is 14.8 Å². The summed E-state index contributed by atoms with van der Waals surface area (Å²) in [5.41, 5.74) is 2.67. The molecule has 1 N–H and O–H groups in total. The quantitative estimate of drug-likeness (QED) is 0.873. The minimum Gasteiger partial charge on any atom is -0.486 e. The Bertz CT molecular complexity index is 505. The fraction of sp³-hybridized carbons (Fsp3) is 0.385. The lowest BCUT2D eigenvalue weighted by Gasteiger charge is -2.07. The van der Waals surface area contributed by atoms with Gasteiger partial charge in [-0.1, -0.05) is 0 Å². The van der Waals surface area contributed by atoms with E-state index in [-0.39, 0.29) is 6.61 Å². The molecule has 0 aliphatic heterocycles. The number of aliphatic hydroxyl groups is 1. The highest BCUT2D eigenvalue weighted by atomic mass is 16.5. The molecule has 5 heteroatoms. The van der Waals surface area contributed by atoms with E-state index in [0.29, 0.717) is 18.1 Å². The predicted molar refractivity (Wildman–Crippen MR) is 67.1 cm³/mol. The second-order valence-corrected chi connectivity index (χ2v) is 4.02. The van der Waals surface area contributed by atoms with Crippen LogP contribution in [-0.2, 0) is 19.8 Å². The molecule has 18 heavy (non-hydrogen) atoms. The minimum absolute atomic E-state index is 0.0535. The van der Waals surface area contributed by atoms with Crippen LogP contribution in [0.15, 0.2) is 24.4 Å². The van der Waals surface area contributed by atoms with Crippen molar-refractivity contribution in [2.45, 2.75) is 33.6 Å². The number of aromatic nitrogens is 3. The van der Waals surface area contributed by atoms with Gasteiger partial charge in [0.15, 0.2) is 0 Å². The predicted octanol–water partition coefficient (Wildman–Crippen LogP) is 1.68. The maximum atomic E-state index is 8.89. The monoisotopic (exact) mass is 247 g/mol. The van der Waals surface area contributed by atoms with E-state index in [1.165, 1.54) is 0 Å². The van der Waals surface area contributed by atoms with E-state index in [1.54, 1.807) is 18.3 Å². The molecular weight excluding hydrogens is 230 g/mol. The maximum absolute atomic E-state index is 8.89. The van der Waals surface area contributed by atoms with Crippen LogP contribution in [0.1, 0.15) is 24.0 Å². The van der Waals surface area contributed by atoms with Crippen molar-refractivity contribution in [2.24, 2.45) is 0 Å². The van der Waals surface area contributed by atoms with Gasteiger partial charge in [-0.3, -0.25) is 9.67 Å². The molecular formula is C13H17N3O2. The lowest BCUT2D eigenvalue weighted by Crippen LogP contribution is -2.06. The first-order valence-electron chi connectivity index (χ1n) is 5.95. The highest BCUT2D eigenvalue weighted by Gasteiger charge is 2.05. The molecule has 0 bridgehead atoms. The second-order valence-electron chi connectivity index (χ2n) is 4.02. The Morgan fingerprint density at radius 2 is 2.22 bits per heavy atom. The summed E-state index contributed by atoms with van der Waals surface area (Å²) < 4.78 is 7.56. The molecule has 0 saturated heterocycles. The van der Waals surface area contributed by atoms with Crippen LogP contribution in [0.3, 0.4) is 0 Å². The summed E-state index contributed by atoms with van der Waals surface area (Å²) >= 11 is 0. The topological polar surface area (TPSA) is 60.2 Å². The summed E-state index contributed by atoms with van der Waals surface area (Å²) in [6.45, 7) is 5.26. The largest absolute Gasteiger partial charge is 0.486 e. The number of ether oxygens (including phenoxy) is 1. The highest BCUT2D eigenvalue weighted by molar-refractivity contribution is 5.20. The Labute approximate surface area is 106 Å². The number of aliphatic hydroxyl groups excluding tert-OH is 1. The highest BCUT2D eigenvalue weighted by Crippen LogP contribution is 2.12. The van der Waals surface area contributed by atoms with Gasteiger partial charge in [0, 0.05) is 6.54 Å². The van der Waals surface area contributed by atoms with Crippen LogP contribution in [0.2, 0.25) is 0 Å². The lowest BCUT2D eigenvalue weighted by atomic mass is 10.3. The summed E-state index contributed by atoms with van der Waals surface area (Å²) in [6, 6.07) is 5.56. The number of hydrogen-bond acceptors (Lipinski definition) is 4. The molecule has 0 atom stereocenters.